The number of aryl methyl sites for hydroxylation is 1. The third-order valence-electron chi connectivity index (χ3n) is 2.79. The molecule has 0 amide bonds. The molecule has 2 heterocycles. The van der Waals surface area contributed by atoms with Crippen LogP contribution >= 0.6 is 11.3 Å². The molecule has 3 aromatic rings. The van der Waals surface area contributed by atoms with Gasteiger partial charge >= 0.3 is 0 Å². The Morgan fingerprint density at radius 2 is 2.16 bits per heavy atom. The molecule has 0 atom stereocenters. The van der Waals surface area contributed by atoms with Crippen molar-refractivity contribution in [2.24, 2.45) is 0 Å². The highest BCUT2D eigenvalue weighted by Crippen LogP contribution is 2.18. The van der Waals surface area contributed by atoms with E-state index in [0.29, 0.717) is 0 Å². The van der Waals surface area contributed by atoms with E-state index in [1.165, 1.54) is 5.56 Å². The van der Waals surface area contributed by atoms with Crippen molar-refractivity contribution in [2.45, 2.75) is 13.5 Å². The van der Waals surface area contributed by atoms with Gasteiger partial charge < -0.3 is 5.32 Å². The predicted molar refractivity (Wildman–Crippen MR) is 77.7 cm³/mol. The summed E-state index contributed by atoms with van der Waals surface area (Å²) in [6.07, 6.45) is 3.74. The van der Waals surface area contributed by atoms with E-state index in [2.05, 4.69) is 27.5 Å². The van der Waals surface area contributed by atoms with Gasteiger partial charge in [-0.05, 0) is 24.6 Å². The third-order valence-corrected chi connectivity index (χ3v) is 3.71. The number of nitrogens with one attached hydrogen (secondary N) is 1. The van der Waals surface area contributed by atoms with Crippen molar-refractivity contribution in [3.8, 4) is 5.69 Å². The Balaban J connectivity index is 1.81. The highest BCUT2D eigenvalue weighted by atomic mass is 32.1. The van der Waals surface area contributed by atoms with Crippen LogP contribution in [0.4, 0.5) is 5.13 Å². The normalized spacial score (nSPS) is 10.6. The first kappa shape index (κ1) is 11.9. The molecule has 1 aromatic carbocycles. The molecule has 0 saturated heterocycles. The van der Waals surface area contributed by atoms with Gasteiger partial charge in [0.05, 0.1) is 11.4 Å². The van der Waals surface area contributed by atoms with Gasteiger partial charge in [0.2, 0.25) is 0 Å². The first-order chi connectivity index (χ1) is 9.33. The summed E-state index contributed by atoms with van der Waals surface area (Å²) in [6, 6.07) is 10.2. The second-order valence-electron chi connectivity index (χ2n) is 4.23. The lowest BCUT2D eigenvalue weighted by Gasteiger charge is -2.09. The second kappa shape index (κ2) is 5.24. The molecule has 5 heteroatoms. The smallest absolute Gasteiger partial charge is 0.183 e. The number of thiazole rings is 1. The van der Waals surface area contributed by atoms with Crippen molar-refractivity contribution >= 4 is 16.5 Å². The Labute approximate surface area is 115 Å². The van der Waals surface area contributed by atoms with Crippen LogP contribution in [0, 0.1) is 6.92 Å². The van der Waals surface area contributed by atoms with Gasteiger partial charge in [-0.3, -0.25) is 0 Å². The first-order valence-corrected chi connectivity index (χ1v) is 6.95. The van der Waals surface area contributed by atoms with Crippen LogP contribution in [0.15, 0.2) is 48.1 Å². The molecule has 0 unspecified atom stereocenters. The maximum absolute atomic E-state index is 4.40. The molecule has 4 nitrogen and oxygen atoms in total. The van der Waals surface area contributed by atoms with Gasteiger partial charge in [-0.25, -0.2) is 9.67 Å². The van der Waals surface area contributed by atoms with E-state index in [0.717, 1.165) is 23.1 Å². The number of anilines is 1. The van der Waals surface area contributed by atoms with Crippen molar-refractivity contribution in [3.63, 3.8) is 0 Å². The van der Waals surface area contributed by atoms with Crippen LogP contribution in [-0.2, 0) is 6.54 Å². The van der Waals surface area contributed by atoms with Crippen LogP contribution < -0.4 is 5.32 Å². The van der Waals surface area contributed by atoms with Crippen molar-refractivity contribution < 1.29 is 0 Å². The molecule has 3 rings (SSSR count). The van der Waals surface area contributed by atoms with Gasteiger partial charge in [-0.1, -0.05) is 18.2 Å². The zero-order valence-corrected chi connectivity index (χ0v) is 11.4. The minimum Gasteiger partial charge on any atom is -0.357 e. The van der Waals surface area contributed by atoms with Gasteiger partial charge in [0.15, 0.2) is 5.13 Å². The number of hydrogen-bond acceptors (Lipinski definition) is 4. The zero-order chi connectivity index (χ0) is 13.1. The highest BCUT2D eigenvalue weighted by molar-refractivity contribution is 7.13. The molecule has 0 spiro atoms. The van der Waals surface area contributed by atoms with Crippen LogP contribution in [0.5, 0.6) is 0 Å². The van der Waals surface area contributed by atoms with E-state index in [1.54, 1.807) is 17.5 Å². The Kier molecular flexibility index (Phi) is 3.29. The molecule has 0 aliphatic rings. The molecule has 0 bridgehead atoms. The number of aromatic nitrogens is 3. The van der Waals surface area contributed by atoms with Gasteiger partial charge in [0.1, 0.15) is 0 Å². The standard InChI is InChI=1S/C14H14N4S/c1-11-10-19-14(17-11)15-9-12-5-2-3-6-13(12)18-8-4-7-16-18/h2-8,10H,9H2,1H3,(H,15,17). The number of nitrogens with zero attached hydrogens (tertiary/aromatic N) is 3. The van der Waals surface area contributed by atoms with E-state index in [1.807, 2.05) is 41.4 Å². The van der Waals surface area contributed by atoms with E-state index < -0.39 is 0 Å². The van der Waals surface area contributed by atoms with E-state index >= 15 is 0 Å². The fourth-order valence-corrected chi connectivity index (χ4v) is 2.59. The first-order valence-electron chi connectivity index (χ1n) is 6.07. The highest BCUT2D eigenvalue weighted by Gasteiger charge is 2.05. The Bertz CT molecular complexity index is 658. The Morgan fingerprint density at radius 3 is 2.89 bits per heavy atom. The van der Waals surface area contributed by atoms with Crippen LogP contribution in [0.3, 0.4) is 0 Å². The average molecular weight is 270 g/mol. The van der Waals surface area contributed by atoms with Crippen LogP contribution in [0.25, 0.3) is 5.69 Å². The van der Waals surface area contributed by atoms with Gasteiger partial charge in [0.25, 0.3) is 0 Å². The molecule has 1 N–H and O–H groups in total. The zero-order valence-electron chi connectivity index (χ0n) is 10.6. The Morgan fingerprint density at radius 1 is 1.26 bits per heavy atom. The monoisotopic (exact) mass is 270 g/mol. The summed E-state index contributed by atoms with van der Waals surface area (Å²) in [4.78, 5) is 4.40. The summed E-state index contributed by atoms with van der Waals surface area (Å²) in [7, 11) is 0. The largest absolute Gasteiger partial charge is 0.357 e. The summed E-state index contributed by atoms with van der Waals surface area (Å²) in [5, 5.41) is 10.6. The molecule has 19 heavy (non-hydrogen) atoms. The minimum atomic E-state index is 0.739. The lowest BCUT2D eigenvalue weighted by Crippen LogP contribution is -2.05. The van der Waals surface area contributed by atoms with Crippen molar-refractivity contribution in [3.05, 3.63) is 59.4 Å². The summed E-state index contributed by atoms with van der Waals surface area (Å²) in [5.74, 6) is 0. The minimum absolute atomic E-state index is 0.739. The molecule has 0 saturated carbocycles. The summed E-state index contributed by atoms with van der Waals surface area (Å²) < 4.78 is 1.88. The van der Waals surface area contributed by atoms with Gasteiger partial charge in [-0.2, -0.15) is 5.10 Å². The molecule has 0 aliphatic carbocycles. The molecule has 96 valence electrons. The molecule has 0 aliphatic heterocycles. The Hall–Kier alpha value is -2.14. The third kappa shape index (κ3) is 2.66. The molecule has 0 fully saturated rings. The second-order valence-corrected chi connectivity index (χ2v) is 5.09. The maximum Gasteiger partial charge on any atom is 0.183 e. The van der Waals surface area contributed by atoms with Crippen LogP contribution in [-0.4, -0.2) is 14.8 Å². The van der Waals surface area contributed by atoms with Crippen LogP contribution in [0.2, 0.25) is 0 Å². The molecule has 2 aromatic heterocycles. The molecular formula is C14H14N4S. The van der Waals surface area contributed by atoms with Gasteiger partial charge in [-0.15, -0.1) is 11.3 Å². The number of rotatable bonds is 4. The van der Waals surface area contributed by atoms with Gasteiger partial charge in [0, 0.05) is 24.3 Å². The quantitative estimate of drug-likeness (QED) is 0.791. The topological polar surface area (TPSA) is 42.7 Å². The molecule has 0 radical (unpaired) electrons. The lowest BCUT2D eigenvalue weighted by molar-refractivity contribution is 0.864. The summed E-state index contributed by atoms with van der Waals surface area (Å²) in [5.41, 5.74) is 3.33. The fraction of sp³-hybridized carbons (Fsp3) is 0.143. The van der Waals surface area contributed by atoms with E-state index in [-0.39, 0.29) is 0 Å². The number of hydrogen-bond donors (Lipinski definition) is 1. The summed E-state index contributed by atoms with van der Waals surface area (Å²) in [6.45, 7) is 2.74. The predicted octanol–water partition coefficient (Wildman–Crippen LogP) is 3.25. The average Bonchev–Trinajstić information content (AvgIpc) is 3.08. The van der Waals surface area contributed by atoms with Crippen LogP contribution in [0.1, 0.15) is 11.3 Å². The number of para-hydroxylation sites is 1. The van der Waals surface area contributed by atoms with Crippen molar-refractivity contribution in [2.75, 3.05) is 5.32 Å². The fourth-order valence-electron chi connectivity index (χ4n) is 1.90. The summed E-state index contributed by atoms with van der Waals surface area (Å²) >= 11 is 1.63. The van der Waals surface area contributed by atoms with E-state index in [9.17, 15) is 0 Å². The van der Waals surface area contributed by atoms with E-state index in [4.69, 9.17) is 0 Å². The maximum atomic E-state index is 4.40. The van der Waals surface area contributed by atoms with Crippen molar-refractivity contribution in [1.82, 2.24) is 14.8 Å². The number of benzene rings is 1. The van der Waals surface area contributed by atoms with Crippen molar-refractivity contribution in [1.29, 1.82) is 0 Å². The SMILES string of the molecule is Cc1csc(NCc2ccccc2-n2cccn2)n1. The molecular weight excluding hydrogens is 256 g/mol. The lowest BCUT2D eigenvalue weighted by atomic mass is 10.2.